The van der Waals surface area contributed by atoms with Crippen LogP contribution in [0.25, 0.3) is 20.7 Å². The van der Waals surface area contributed by atoms with Crippen molar-refractivity contribution in [3.05, 3.63) is 72.6 Å². The number of methoxy groups -OCH3 is 1. The third-order valence-corrected chi connectivity index (χ3v) is 6.15. The van der Waals surface area contributed by atoms with Crippen LogP contribution in [-0.4, -0.2) is 28.8 Å². The Morgan fingerprint density at radius 1 is 1.16 bits per heavy atom. The second kappa shape index (κ2) is 9.57. The first kappa shape index (κ1) is 21.5. The fourth-order valence-corrected chi connectivity index (χ4v) is 4.51. The summed E-state index contributed by atoms with van der Waals surface area (Å²) in [5.74, 6) is 1.79. The zero-order valence-corrected chi connectivity index (χ0v) is 18.6. The molecule has 0 aliphatic heterocycles. The highest BCUT2D eigenvalue weighted by Gasteiger charge is 2.17. The van der Waals surface area contributed by atoms with E-state index in [1.165, 1.54) is 13.4 Å². The molecule has 1 N–H and O–H groups in total. The van der Waals surface area contributed by atoms with E-state index in [1.54, 1.807) is 29.5 Å². The topological polar surface area (TPSA) is 89.2 Å². The molecule has 7 nitrogen and oxygen atoms in total. The number of rotatable bonds is 8. The van der Waals surface area contributed by atoms with Gasteiger partial charge < -0.3 is 14.6 Å². The quantitative estimate of drug-likeness (QED) is 0.256. The lowest BCUT2D eigenvalue weighted by molar-refractivity contribution is 0.365. The van der Waals surface area contributed by atoms with Gasteiger partial charge in [-0.05, 0) is 42.3 Å². The van der Waals surface area contributed by atoms with Gasteiger partial charge in [-0.3, -0.25) is 0 Å². The molecule has 2 heterocycles. The van der Waals surface area contributed by atoms with Gasteiger partial charge in [0.25, 0.3) is 0 Å². The fourth-order valence-electron chi connectivity index (χ4n) is 3.29. The Balaban J connectivity index is 1.66. The van der Waals surface area contributed by atoms with Crippen molar-refractivity contribution in [1.29, 1.82) is 0 Å². The van der Waals surface area contributed by atoms with Crippen LogP contribution in [0.15, 0.2) is 71.7 Å². The molecule has 2 aromatic heterocycles. The van der Waals surface area contributed by atoms with Gasteiger partial charge in [-0.2, -0.15) is 5.11 Å². The fraction of sp³-hybridized carbons (Fsp3) is 0.167. The molecular weight excluding hydrogens is 424 g/mol. The number of azo groups is 1. The van der Waals surface area contributed by atoms with E-state index in [0.717, 1.165) is 37.5 Å². The predicted octanol–water partition coefficient (Wildman–Crippen LogP) is 6.23. The van der Waals surface area contributed by atoms with Crippen LogP contribution in [0.5, 0.6) is 17.2 Å². The second-order valence-electron chi connectivity index (χ2n) is 6.93. The number of aromatic nitrogens is 2. The smallest absolute Gasteiger partial charge is 0.195 e. The van der Waals surface area contributed by atoms with Crippen LogP contribution >= 0.6 is 11.3 Å². The van der Waals surface area contributed by atoms with E-state index in [0.29, 0.717) is 24.7 Å². The van der Waals surface area contributed by atoms with Crippen LogP contribution in [0.4, 0.5) is 5.82 Å². The molecule has 0 spiro atoms. The molecule has 0 bridgehead atoms. The summed E-state index contributed by atoms with van der Waals surface area (Å²) in [6, 6.07) is 13.0. The Morgan fingerprint density at radius 3 is 2.78 bits per heavy atom. The van der Waals surface area contributed by atoms with E-state index in [2.05, 4.69) is 26.8 Å². The van der Waals surface area contributed by atoms with Gasteiger partial charge in [-0.15, -0.1) is 16.5 Å². The van der Waals surface area contributed by atoms with Gasteiger partial charge in [-0.25, -0.2) is 9.97 Å². The van der Waals surface area contributed by atoms with Gasteiger partial charge in [0.05, 0.1) is 19.2 Å². The number of aryl methyl sites for hydroxylation is 1. The number of phenols is 1. The van der Waals surface area contributed by atoms with Crippen molar-refractivity contribution >= 4 is 27.4 Å². The molecule has 0 aliphatic carbocycles. The molecule has 4 rings (SSSR count). The Labute approximate surface area is 189 Å². The van der Waals surface area contributed by atoms with Gasteiger partial charge in [-0.1, -0.05) is 30.9 Å². The van der Waals surface area contributed by atoms with Crippen molar-refractivity contribution < 1.29 is 14.6 Å². The number of hydrogen-bond acceptors (Lipinski definition) is 8. The van der Waals surface area contributed by atoms with E-state index < -0.39 is 0 Å². The Hall–Kier alpha value is -3.78. The second-order valence-corrected chi connectivity index (χ2v) is 7.95. The van der Waals surface area contributed by atoms with Crippen molar-refractivity contribution in [2.24, 2.45) is 10.2 Å². The molecule has 2 aromatic carbocycles. The first-order chi connectivity index (χ1) is 15.6. The summed E-state index contributed by atoms with van der Waals surface area (Å²) in [7, 11) is 1.51. The standard InChI is InChI=1S/C24H22N4O3S/c1-4-11-31-19-8-6-5-7-17(19)22-15(2)21-23(32-22)24(26-14-25-21)28-27-13-16-9-10-20(30-3)18(29)12-16/h4-10,12,14,29H,1,11,13H2,2-3H3. The van der Waals surface area contributed by atoms with Crippen molar-refractivity contribution in [2.45, 2.75) is 13.5 Å². The first-order valence-corrected chi connectivity index (χ1v) is 10.7. The maximum atomic E-state index is 9.94. The van der Waals surface area contributed by atoms with Crippen LogP contribution in [0, 0.1) is 6.92 Å². The van der Waals surface area contributed by atoms with Gasteiger partial charge in [0, 0.05) is 10.4 Å². The molecule has 0 unspecified atom stereocenters. The zero-order valence-electron chi connectivity index (χ0n) is 17.8. The van der Waals surface area contributed by atoms with Gasteiger partial charge in [0.1, 0.15) is 23.4 Å². The van der Waals surface area contributed by atoms with E-state index in [1.807, 2.05) is 37.3 Å². The lowest BCUT2D eigenvalue weighted by Gasteiger charge is -2.09. The highest BCUT2D eigenvalue weighted by Crippen LogP contribution is 2.43. The number of hydrogen-bond donors (Lipinski definition) is 1. The Bertz CT molecular complexity index is 1300. The number of thiophene rings is 1. The number of benzene rings is 2. The normalized spacial score (nSPS) is 11.2. The third kappa shape index (κ3) is 4.31. The summed E-state index contributed by atoms with van der Waals surface area (Å²) >= 11 is 1.56. The Morgan fingerprint density at radius 2 is 2.00 bits per heavy atom. The highest BCUT2D eigenvalue weighted by molar-refractivity contribution is 7.23. The molecule has 0 fully saturated rings. The van der Waals surface area contributed by atoms with Crippen LogP contribution in [0.3, 0.4) is 0 Å². The molecule has 0 saturated carbocycles. The zero-order chi connectivity index (χ0) is 22.5. The average Bonchev–Trinajstić information content (AvgIpc) is 3.15. The maximum Gasteiger partial charge on any atom is 0.195 e. The minimum absolute atomic E-state index is 0.0699. The number of ether oxygens (including phenoxy) is 2. The van der Waals surface area contributed by atoms with Crippen LogP contribution in [0.1, 0.15) is 11.1 Å². The lowest BCUT2D eigenvalue weighted by atomic mass is 10.1. The summed E-state index contributed by atoms with van der Waals surface area (Å²) in [5.41, 5.74) is 3.69. The minimum atomic E-state index is 0.0699. The number of phenolic OH excluding ortho intramolecular Hbond substituents is 1. The molecule has 32 heavy (non-hydrogen) atoms. The molecule has 8 heteroatoms. The summed E-state index contributed by atoms with van der Waals surface area (Å²) < 4.78 is 11.8. The Kier molecular flexibility index (Phi) is 6.42. The average molecular weight is 447 g/mol. The number of aromatic hydroxyl groups is 1. The SMILES string of the molecule is C=CCOc1ccccc1-c1sc2c(N=NCc3ccc(OC)c(O)c3)ncnc2c1C. The van der Waals surface area contributed by atoms with Crippen molar-refractivity contribution in [3.8, 4) is 27.7 Å². The summed E-state index contributed by atoms with van der Waals surface area (Å²) in [6.45, 7) is 6.49. The molecular formula is C24H22N4O3S. The molecule has 0 atom stereocenters. The molecule has 0 amide bonds. The maximum absolute atomic E-state index is 9.94. The van der Waals surface area contributed by atoms with E-state index in [9.17, 15) is 5.11 Å². The minimum Gasteiger partial charge on any atom is -0.504 e. The molecule has 0 aliphatic rings. The summed E-state index contributed by atoms with van der Waals surface area (Å²) in [6.07, 6.45) is 3.22. The number of para-hydroxylation sites is 1. The first-order valence-electron chi connectivity index (χ1n) is 9.93. The molecule has 0 saturated heterocycles. The molecule has 4 aromatic rings. The largest absolute Gasteiger partial charge is 0.504 e. The highest BCUT2D eigenvalue weighted by atomic mass is 32.1. The third-order valence-electron chi connectivity index (χ3n) is 4.84. The number of nitrogens with zero attached hydrogens (tertiary/aromatic N) is 4. The van der Waals surface area contributed by atoms with Crippen molar-refractivity contribution in [2.75, 3.05) is 13.7 Å². The predicted molar refractivity (Wildman–Crippen MR) is 126 cm³/mol. The molecule has 0 radical (unpaired) electrons. The van der Waals surface area contributed by atoms with Crippen LogP contribution in [-0.2, 0) is 6.54 Å². The summed E-state index contributed by atoms with van der Waals surface area (Å²) in [4.78, 5) is 9.85. The van der Waals surface area contributed by atoms with Crippen LogP contribution in [0.2, 0.25) is 0 Å². The number of fused-ring (bicyclic) bond motifs is 1. The van der Waals surface area contributed by atoms with Crippen molar-refractivity contribution in [1.82, 2.24) is 9.97 Å². The van der Waals surface area contributed by atoms with Gasteiger partial charge >= 0.3 is 0 Å². The summed E-state index contributed by atoms with van der Waals surface area (Å²) in [5, 5.41) is 18.6. The van der Waals surface area contributed by atoms with Gasteiger partial charge in [0.2, 0.25) is 0 Å². The monoisotopic (exact) mass is 446 g/mol. The van der Waals surface area contributed by atoms with E-state index in [-0.39, 0.29) is 5.75 Å². The van der Waals surface area contributed by atoms with E-state index in [4.69, 9.17) is 9.47 Å². The van der Waals surface area contributed by atoms with Crippen molar-refractivity contribution in [3.63, 3.8) is 0 Å². The lowest BCUT2D eigenvalue weighted by Crippen LogP contribution is -1.94. The van der Waals surface area contributed by atoms with E-state index >= 15 is 0 Å². The van der Waals surface area contributed by atoms with Gasteiger partial charge in [0.15, 0.2) is 17.3 Å². The van der Waals surface area contributed by atoms with Crippen LogP contribution < -0.4 is 9.47 Å². The molecule has 162 valence electrons.